The maximum Gasteiger partial charge on any atom is 0.357 e. The van der Waals surface area contributed by atoms with Gasteiger partial charge >= 0.3 is 5.97 Å². The lowest BCUT2D eigenvalue weighted by atomic mass is 10.1. The minimum Gasteiger partial charge on any atom is -0.464 e. The summed E-state index contributed by atoms with van der Waals surface area (Å²) >= 11 is 7.51. The van der Waals surface area contributed by atoms with Gasteiger partial charge in [0.15, 0.2) is 10.8 Å². The lowest BCUT2D eigenvalue weighted by Gasteiger charge is -2.17. The number of ether oxygens (including phenoxy) is 1. The van der Waals surface area contributed by atoms with Crippen molar-refractivity contribution < 1.29 is 28.7 Å². The molecule has 7 aromatic heterocycles. The van der Waals surface area contributed by atoms with Crippen molar-refractivity contribution in [1.29, 1.82) is 0 Å². The Bertz CT molecular complexity index is 3040. The van der Waals surface area contributed by atoms with Crippen LogP contribution >= 0.6 is 68.0 Å². The number of aromatic nitrogens is 7. The Morgan fingerprint density at radius 3 is 2.22 bits per heavy atom. The Labute approximate surface area is 380 Å². The first-order chi connectivity index (χ1) is 30.6. The zero-order valence-electron chi connectivity index (χ0n) is 32.7. The van der Waals surface area contributed by atoms with E-state index < -0.39 is 35.6 Å². The molecular weight excluding hydrogens is 923 g/mol. The molecule has 0 saturated heterocycles. The fraction of sp³-hybridized carbons (Fsp3) is 0.150. The van der Waals surface area contributed by atoms with Gasteiger partial charge in [-0.3, -0.25) is 24.5 Å². The largest absolute Gasteiger partial charge is 0.464 e. The summed E-state index contributed by atoms with van der Waals surface area (Å²) in [6.45, 7) is 1.42. The summed E-state index contributed by atoms with van der Waals surface area (Å²) < 4.78 is 4.85. The molecule has 17 nitrogen and oxygen atoms in total. The van der Waals surface area contributed by atoms with Crippen molar-refractivity contribution in [2.24, 2.45) is 0 Å². The Balaban J connectivity index is 1.09. The summed E-state index contributed by atoms with van der Waals surface area (Å²) in [5.41, 5.74) is 4.07. The summed E-state index contributed by atoms with van der Waals surface area (Å²) in [7, 11) is 1.29. The second kappa shape index (κ2) is 18.1. The lowest BCUT2D eigenvalue weighted by molar-refractivity contribution is -0.120. The molecule has 1 atom stereocenters. The number of hydrogen-bond acceptors (Lipinski definition) is 19. The second-order valence-electron chi connectivity index (χ2n) is 13.4. The number of carbonyl (C=O) groups is 5. The molecule has 0 saturated carbocycles. The van der Waals surface area contributed by atoms with Gasteiger partial charge in [-0.25, -0.2) is 39.7 Å². The fourth-order valence-corrected chi connectivity index (χ4v) is 11.0. The SMILES string of the molecule is COC(=O)c1csc(-c2ccc3c(n2)-c2csc(n2)-c2csc(n2)C(Cc2ccccc2)NC(=O)CNC(=O)c2csc(n2)CNC(=O)c2nc(sc2C)NC(=O)c2csc-3n2)n1. The molecule has 9 rings (SSSR count). The number of carbonyl (C=O) groups excluding carboxylic acids is 5. The number of methoxy groups -OCH3 is 1. The Morgan fingerprint density at radius 1 is 0.667 bits per heavy atom. The molecule has 0 radical (unpaired) electrons. The standard InChI is InChI=1S/C40H29N11O6S6/c1-18-30-34(55)42-12-29-44-24(14-58-29)32(53)41-11-28(52)43-22(10-19-6-4-3-5-7-19)37-48-26(16-61-37)38-46-23(13-60-38)31-20(35-47-25(15-59-35)33(54)51-40(50-30)63-18)8-9-21(45-31)36-49-27(17-62-36)39(56)57-2/h3-9,13-17,22H,10-12H2,1-2H3,(H,41,53)(H,42,55)(H,43,52)(H,50,51,54). The highest BCUT2D eigenvalue weighted by Crippen LogP contribution is 2.38. The van der Waals surface area contributed by atoms with Gasteiger partial charge in [-0.1, -0.05) is 30.3 Å². The van der Waals surface area contributed by atoms with Gasteiger partial charge in [-0.05, 0) is 31.0 Å². The van der Waals surface area contributed by atoms with E-state index in [1.807, 2.05) is 47.2 Å². The molecule has 1 aliphatic rings. The first-order valence-electron chi connectivity index (χ1n) is 18.6. The Hall–Kier alpha value is -6.50. The van der Waals surface area contributed by atoms with Crippen molar-refractivity contribution in [3.8, 4) is 43.4 Å². The molecule has 8 aromatic rings. The number of rotatable bonds is 4. The number of nitrogens with one attached hydrogen (secondary N) is 4. The topological polar surface area (TPSA) is 233 Å². The highest BCUT2D eigenvalue weighted by atomic mass is 32.1. The van der Waals surface area contributed by atoms with Crippen molar-refractivity contribution in [2.75, 3.05) is 19.0 Å². The number of aryl methyl sites for hydroxylation is 1. The average molecular weight is 952 g/mol. The van der Waals surface area contributed by atoms with E-state index in [0.717, 1.165) is 16.9 Å². The second-order valence-corrected chi connectivity index (χ2v) is 19.1. The monoisotopic (exact) mass is 951 g/mol. The van der Waals surface area contributed by atoms with Gasteiger partial charge in [0.1, 0.15) is 59.2 Å². The summed E-state index contributed by atoms with van der Waals surface area (Å²) in [4.78, 5) is 98.7. The van der Waals surface area contributed by atoms with Crippen LogP contribution in [-0.4, -0.2) is 78.1 Å². The molecule has 1 unspecified atom stereocenters. The third-order valence-electron chi connectivity index (χ3n) is 9.21. The van der Waals surface area contributed by atoms with Gasteiger partial charge in [-0.2, -0.15) is 0 Å². The van der Waals surface area contributed by atoms with Gasteiger partial charge in [0, 0.05) is 37.3 Å². The van der Waals surface area contributed by atoms with Crippen LogP contribution < -0.4 is 21.3 Å². The van der Waals surface area contributed by atoms with Crippen molar-refractivity contribution in [1.82, 2.24) is 50.8 Å². The number of thiazole rings is 6. The van der Waals surface area contributed by atoms with Gasteiger partial charge < -0.3 is 20.7 Å². The Kier molecular flexibility index (Phi) is 12.0. The first kappa shape index (κ1) is 41.8. The van der Waals surface area contributed by atoms with Crippen molar-refractivity contribution in [3.63, 3.8) is 0 Å². The van der Waals surface area contributed by atoms with Crippen LogP contribution in [-0.2, 0) is 22.5 Å². The molecule has 0 fully saturated rings. The molecule has 1 aromatic carbocycles. The van der Waals surface area contributed by atoms with Gasteiger partial charge in [0.05, 0.1) is 31.9 Å². The third-order valence-corrected chi connectivity index (χ3v) is 14.5. The normalized spacial score (nSPS) is 14.7. The molecule has 63 heavy (non-hydrogen) atoms. The summed E-state index contributed by atoms with van der Waals surface area (Å²) in [6.07, 6.45) is 0.432. The number of fused-ring (bicyclic) bond motifs is 14. The first-order valence-corrected chi connectivity index (χ1v) is 23.9. The van der Waals surface area contributed by atoms with E-state index in [0.29, 0.717) is 64.7 Å². The van der Waals surface area contributed by atoms with Crippen LogP contribution in [0.1, 0.15) is 68.5 Å². The molecule has 10 bridgehead atoms. The van der Waals surface area contributed by atoms with Crippen LogP contribution in [0.25, 0.3) is 43.4 Å². The predicted octanol–water partition coefficient (Wildman–Crippen LogP) is 6.91. The minimum atomic E-state index is -0.571. The molecule has 0 aliphatic carbocycles. The highest BCUT2D eigenvalue weighted by molar-refractivity contribution is 7.16. The van der Waals surface area contributed by atoms with Crippen molar-refractivity contribution in [2.45, 2.75) is 25.9 Å². The number of nitrogens with zero attached hydrogens (tertiary/aromatic N) is 7. The number of esters is 1. The number of amides is 4. The minimum absolute atomic E-state index is 0.0204. The van der Waals surface area contributed by atoms with E-state index in [1.54, 1.807) is 29.1 Å². The van der Waals surface area contributed by atoms with Crippen LogP contribution in [0.2, 0.25) is 0 Å². The predicted molar refractivity (Wildman–Crippen MR) is 241 cm³/mol. The zero-order chi connectivity index (χ0) is 43.6. The number of hydrogen-bond donors (Lipinski definition) is 4. The molecule has 4 amide bonds. The van der Waals surface area contributed by atoms with Gasteiger partial charge in [0.25, 0.3) is 17.7 Å². The summed E-state index contributed by atoms with van der Waals surface area (Å²) in [5, 5.41) is 22.6. The van der Waals surface area contributed by atoms with Crippen LogP contribution in [0.3, 0.4) is 0 Å². The van der Waals surface area contributed by atoms with Gasteiger partial charge in [-0.15, -0.1) is 68.0 Å². The number of anilines is 1. The molecule has 316 valence electrons. The average Bonchev–Trinajstić information content (AvgIpc) is 4.15. The summed E-state index contributed by atoms with van der Waals surface area (Å²) in [5.74, 6) is -2.56. The van der Waals surface area contributed by atoms with Crippen molar-refractivity contribution in [3.05, 3.63) is 113 Å². The Morgan fingerprint density at radius 2 is 1.38 bits per heavy atom. The quantitative estimate of drug-likeness (QED) is 0.132. The van der Waals surface area contributed by atoms with Crippen LogP contribution in [0, 0.1) is 6.92 Å². The molecule has 4 N–H and O–H groups in total. The molecule has 0 spiro atoms. The van der Waals surface area contributed by atoms with Gasteiger partial charge in [0.2, 0.25) is 5.91 Å². The summed E-state index contributed by atoms with van der Waals surface area (Å²) in [6, 6.07) is 12.7. The smallest absolute Gasteiger partial charge is 0.357 e. The van der Waals surface area contributed by atoms with Crippen LogP contribution in [0.5, 0.6) is 0 Å². The fourth-order valence-electron chi connectivity index (χ4n) is 6.19. The number of pyridine rings is 1. The van der Waals surface area contributed by atoms with E-state index in [4.69, 9.17) is 19.7 Å². The maximum absolute atomic E-state index is 13.5. The van der Waals surface area contributed by atoms with E-state index in [1.165, 1.54) is 63.8 Å². The van der Waals surface area contributed by atoms with E-state index in [9.17, 15) is 24.0 Å². The van der Waals surface area contributed by atoms with E-state index >= 15 is 0 Å². The molecule has 1 aliphatic heterocycles. The molecule has 8 heterocycles. The number of benzene rings is 1. The highest BCUT2D eigenvalue weighted by Gasteiger charge is 2.25. The van der Waals surface area contributed by atoms with E-state index in [2.05, 4.69) is 41.2 Å². The van der Waals surface area contributed by atoms with Crippen LogP contribution in [0.4, 0.5) is 5.13 Å². The maximum atomic E-state index is 13.5. The van der Waals surface area contributed by atoms with E-state index in [-0.39, 0.29) is 41.0 Å². The zero-order valence-corrected chi connectivity index (χ0v) is 37.6. The lowest BCUT2D eigenvalue weighted by Crippen LogP contribution is -2.39. The van der Waals surface area contributed by atoms with Crippen molar-refractivity contribution >= 4 is 103 Å². The van der Waals surface area contributed by atoms with Crippen LogP contribution in [0.15, 0.2) is 69.4 Å². The third kappa shape index (κ3) is 9.19. The molecular formula is C40H29N11O6S6. The molecule has 23 heteroatoms.